The zero-order chi connectivity index (χ0) is 13.8. The Hall–Kier alpha value is -0.450. The van der Waals surface area contributed by atoms with E-state index < -0.39 is 0 Å². The van der Waals surface area contributed by atoms with Gasteiger partial charge in [0.05, 0.1) is 10.7 Å². The van der Waals surface area contributed by atoms with Gasteiger partial charge in [0.15, 0.2) is 0 Å². The van der Waals surface area contributed by atoms with Gasteiger partial charge in [0.1, 0.15) is 0 Å². The molecule has 2 heterocycles. The Bertz CT molecular complexity index is 412. The van der Waals surface area contributed by atoms with Crippen LogP contribution in [-0.2, 0) is 6.42 Å². The fourth-order valence-corrected chi connectivity index (χ4v) is 4.34. The maximum absolute atomic E-state index is 4.58. The van der Waals surface area contributed by atoms with Crippen LogP contribution in [-0.4, -0.2) is 42.1 Å². The third-order valence-electron chi connectivity index (χ3n) is 4.86. The lowest BCUT2D eigenvalue weighted by molar-refractivity contribution is 0.147. The average Bonchev–Trinajstić information content (AvgIpc) is 2.92. The highest BCUT2D eigenvalue weighted by atomic mass is 32.1. The van der Waals surface area contributed by atoms with Gasteiger partial charge in [0.2, 0.25) is 0 Å². The first-order chi connectivity index (χ1) is 9.81. The van der Waals surface area contributed by atoms with E-state index in [-0.39, 0.29) is 0 Å². The summed E-state index contributed by atoms with van der Waals surface area (Å²) < 4.78 is 0. The summed E-state index contributed by atoms with van der Waals surface area (Å²) in [5, 5.41) is 7.18. The minimum atomic E-state index is 0.737. The van der Waals surface area contributed by atoms with Crippen LogP contribution in [0.4, 0.5) is 0 Å². The summed E-state index contributed by atoms with van der Waals surface area (Å²) in [5.41, 5.74) is 1.28. The summed E-state index contributed by atoms with van der Waals surface area (Å²) in [4.78, 5) is 7.22. The molecule has 1 aromatic rings. The molecule has 4 heteroatoms. The lowest BCUT2D eigenvalue weighted by atomic mass is 9.83. The van der Waals surface area contributed by atoms with Crippen LogP contribution in [0.25, 0.3) is 0 Å². The monoisotopic (exact) mass is 293 g/mol. The Balaban J connectivity index is 1.47. The molecule has 3 nitrogen and oxygen atoms in total. The molecule has 1 atom stereocenters. The number of nitrogens with one attached hydrogen (secondary N) is 1. The Morgan fingerprint density at radius 2 is 2.20 bits per heavy atom. The van der Waals surface area contributed by atoms with Crippen molar-refractivity contribution in [3.63, 3.8) is 0 Å². The van der Waals surface area contributed by atoms with Crippen LogP contribution in [0.1, 0.15) is 42.8 Å². The fraction of sp³-hybridized carbons (Fsp3) is 0.812. The lowest BCUT2D eigenvalue weighted by Crippen LogP contribution is -2.54. The van der Waals surface area contributed by atoms with Gasteiger partial charge in [-0.1, -0.05) is 19.3 Å². The van der Waals surface area contributed by atoms with Gasteiger partial charge >= 0.3 is 0 Å². The summed E-state index contributed by atoms with van der Waals surface area (Å²) >= 11 is 1.77. The number of aryl methyl sites for hydroxylation is 1. The number of hydrogen-bond acceptors (Lipinski definition) is 4. The third-order valence-corrected chi connectivity index (χ3v) is 5.68. The number of hydrogen-bond donors (Lipinski definition) is 1. The van der Waals surface area contributed by atoms with E-state index >= 15 is 0 Å². The Morgan fingerprint density at radius 1 is 1.35 bits per heavy atom. The zero-order valence-corrected chi connectivity index (χ0v) is 13.4. The van der Waals surface area contributed by atoms with E-state index in [0.717, 1.165) is 24.9 Å². The second kappa shape index (κ2) is 7.01. The van der Waals surface area contributed by atoms with Gasteiger partial charge in [-0.05, 0) is 25.7 Å². The van der Waals surface area contributed by atoms with Crippen molar-refractivity contribution in [3.05, 3.63) is 16.1 Å². The quantitative estimate of drug-likeness (QED) is 0.925. The van der Waals surface area contributed by atoms with Crippen molar-refractivity contribution in [1.82, 2.24) is 15.2 Å². The van der Waals surface area contributed by atoms with Crippen LogP contribution in [0, 0.1) is 12.8 Å². The number of aromatic nitrogens is 1. The molecular weight excluding hydrogens is 266 g/mol. The standard InChI is InChI=1S/C16H27N3S/c1-13-18-15(12-20-13)7-9-19-10-8-17-16(11-19)14-5-3-2-4-6-14/h12,14,16-17H,2-11H2,1H3. The topological polar surface area (TPSA) is 28.2 Å². The van der Waals surface area contributed by atoms with Crippen LogP contribution >= 0.6 is 11.3 Å². The minimum Gasteiger partial charge on any atom is -0.311 e. The Kier molecular flexibility index (Phi) is 5.08. The van der Waals surface area contributed by atoms with Crippen LogP contribution in [0.15, 0.2) is 5.38 Å². The van der Waals surface area contributed by atoms with Crippen molar-refractivity contribution >= 4 is 11.3 Å². The van der Waals surface area contributed by atoms with Gasteiger partial charge in [-0.25, -0.2) is 4.98 Å². The average molecular weight is 293 g/mol. The first-order valence-corrected chi connectivity index (χ1v) is 9.06. The molecule has 1 N–H and O–H groups in total. The van der Waals surface area contributed by atoms with Crippen molar-refractivity contribution in [2.75, 3.05) is 26.2 Å². The van der Waals surface area contributed by atoms with E-state index in [0.29, 0.717) is 0 Å². The highest BCUT2D eigenvalue weighted by Crippen LogP contribution is 2.27. The zero-order valence-electron chi connectivity index (χ0n) is 12.6. The molecule has 1 saturated heterocycles. The minimum absolute atomic E-state index is 0.737. The molecule has 0 spiro atoms. The summed E-state index contributed by atoms with van der Waals surface area (Å²) in [6.45, 7) is 6.88. The van der Waals surface area contributed by atoms with Gasteiger partial charge in [-0.15, -0.1) is 11.3 Å². The largest absolute Gasteiger partial charge is 0.311 e. The van der Waals surface area contributed by atoms with Gasteiger partial charge in [-0.3, -0.25) is 0 Å². The van der Waals surface area contributed by atoms with E-state index in [1.54, 1.807) is 11.3 Å². The van der Waals surface area contributed by atoms with E-state index in [1.807, 2.05) is 0 Å². The van der Waals surface area contributed by atoms with Crippen LogP contribution in [0.3, 0.4) is 0 Å². The maximum atomic E-state index is 4.58. The van der Waals surface area contributed by atoms with E-state index in [9.17, 15) is 0 Å². The maximum Gasteiger partial charge on any atom is 0.0897 e. The second-order valence-corrected chi connectivity index (χ2v) is 7.43. The van der Waals surface area contributed by atoms with E-state index in [2.05, 4.69) is 27.5 Å². The van der Waals surface area contributed by atoms with Crippen molar-refractivity contribution in [2.45, 2.75) is 51.5 Å². The van der Waals surface area contributed by atoms with Crippen molar-refractivity contribution < 1.29 is 0 Å². The predicted octanol–water partition coefficient (Wildman–Crippen LogP) is 2.85. The SMILES string of the molecule is Cc1nc(CCN2CCNC(C3CCCCC3)C2)cs1. The molecule has 1 aromatic heterocycles. The second-order valence-electron chi connectivity index (χ2n) is 6.37. The highest BCUT2D eigenvalue weighted by Gasteiger charge is 2.27. The van der Waals surface area contributed by atoms with E-state index in [4.69, 9.17) is 0 Å². The smallest absolute Gasteiger partial charge is 0.0897 e. The highest BCUT2D eigenvalue weighted by molar-refractivity contribution is 7.09. The van der Waals surface area contributed by atoms with Crippen molar-refractivity contribution in [1.29, 1.82) is 0 Å². The summed E-state index contributed by atoms with van der Waals surface area (Å²) in [6.07, 6.45) is 8.34. The van der Waals surface area contributed by atoms with Crippen LogP contribution in [0.2, 0.25) is 0 Å². The van der Waals surface area contributed by atoms with Crippen molar-refractivity contribution in [3.8, 4) is 0 Å². The lowest BCUT2D eigenvalue weighted by Gasteiger charge is -2.39. The first-order valence-electron chi connectivity index (χ1n) is 8.18. The molecular formula is C16H27N3S. The fourth-order valence-electron chi connectivity index (χ4n) is 3.69. The molecule has 3 rings (SSSR count). The summed E-state index contributed by atoms with van der Waals surface area (Å²) in [6, 6.07) is 0.737. The first kappa shape index (κ1) is 14.5. The van der Waals surface area contributed by atoms with Crippen LogP contribution in [0.5, 0.6) is 0 Å². The van der Waals surface area contributed by atoms with Gasteiger partial charge < -0.3 is 10.2 Å². The molecule has 0 radical (unpaired) electrons. The molecule has 0 bridgehead atoms. The normalized spacial score (nSPS) is 25.9. The van der Waals surface area contributed by atoms with Gasteiger partial charge in [0.25, 0.3) is 0 Å². The molecule has 1 unspecified atom stereocenters. The predicted molar refractivity (Wildman–Crippen MR) is 85.4 cm³/mol. The van der Waals surface area contributed by atoms with E-state index in [1.165, 1.54) is 62.4 Å². The number of thiazole rings is 1. The Labute approximate surface area is 126 Å². The van der Waals surface area contributed by atoms with Gasteiger partial charge in [-0.2, -0.15) is 0 Å². The number of nitrogens with zero attached hydrogens (tertiary/aromatic N) is 2. The van der Waals surface area contributed by atoms with Gasteiger partial charge in [0, 0.05) is 44.0 Å². The molecule has 0 amide bonds. The molecule has 2 fully saturated rings. The molecule has 1 aliphatic heterocycles. The molecule has 20 heavy (non-hydrogen) atoms. The molecule has 2 aliphatic rings. The van der Waals surface area contributed by atoms with Crippen molar-refractivity contribution in [2.24, 2.45) is 5.92 Å². The summed E-state index contributed by atoms with van der Waals surface area (Å²) in [5.74, 6) is 0.924. The Morgan fingerprint density at radius 3 is 2.95 bits per heavy atom. The molecule has 1 aliphatic carbocycles. The third kappa shape index (κ3) is 3.80. The van der Waals surface area contributed by atoms with Crippen LogP contribution < -0.4 is 5.32 Å². The molecule has 1 saturated carbocycles. The molecule has 0 aromatic carbocycles. The summed E-state index contributed by atoms with van der Waals surface area (Å²) in [7, 11) is 0. The molecule has 112 valence electrons. The number of piperazine rings is 1. The number of rotatable bonds is 4.